The predicted molar refractivity (Wildman–Crippen MR) is 49.3 cm³/mol. The van der Waals surface area contributed by atoms with Crippen molar-refractivity contribution in [2.75, 3.05) is 0 Å². The Hall–Kier alpha value is -0.810. The van der Waals surface area contributed by atoms with Gasteiger partial charge in [-0.1, -0.05) is 17.7 Å². The Balaban J connectivity index is 3.05. The van der Waals surface area contributed by atoms with Gasteiger partial charge in [0.2, 0.25) is 0 Å². The quantitative estimate of drug-likeness (QED) is 0.800. The lowest BCUT2D eigenvalue weighted by molar-refractivity contribution is 0.404. The van der Waals surface area contributed by atoms with Crippen LogP contribution in [-0.2, 0) is 18.7 Å². The lowest BCUT2D eigenvalue weighted by Crippen LogP contribution is -2.01. The molecule has 0 amide bonds. The van der Waals surface area contributed by atoms with Crippen molar-refractivity contribution in [2.24, 2.45) is 0 Å². The van der Waals surface area contributed by atoms with Crippen LogP contribution in [0.25, 0.3) is 0 Å². The van der Waals surface area contributed by atoms with Crippen LogP contribution in [0.1, 0.15) is 5.56 Å². The molecule has 1 rings (SSSR count). The average molecular weight is 235 g/mol. The van der Waals surface area contributed by atoms with Crippen LogP contribution in [0.15, 0.2) is 29.2 Å². The van der Waals surface area contributed by atoms with Crippen LogP contribution >= 0.6 is 8.25 Å². The van der Waals surface area contributed by atoms with E-state index in [-0.39, 0.29) is 4.90 Å². The molecule has 1 aromatic carbocycles. The Bertz CT molecular complexity index is 436. The Kier molecular flexibility index (Phi) is 3.34. The Morgan fingerprint density at radius 2 is 1.79 bits per heavy atom. The van der Waals surface area contributed by atoms with Crippen LogP contribution in [0.2, 0.25) is 0 Å². The standard InChI is InChI=1S/C7H7O5PS/c1-6-2-4-7(5-3-6)14(10,11)12-13(8)9/h2-5H,1H3/p+1. The molecule has 0 aliphatic rings. The van der Waals surface area contributed by atoms with Crippen molar-refractivity contribution >= 4 is 18.4 Å². The molecule has 0 saturated carbocycles. The van der Waals surface area contributed by atoms with Gasteiger partial charge in [0.15, 0.2) is 0 Å². The van der Waals surface area contributed by atoms with Gasteiger partial charge in [0.05, 0.1) is 4.90 Å². The summed E-state index contributed by atoms with van der Waals surface area (Å²) in [6.07, 6.45) is 0. The largest absolute Gasteiger partial charge is 0.712 e. The number of benzene rings is 1. The highest BCUT2D eigenvalue weighted by atomic mass is 32.2. The third-order valence-electron chi connectivity index (χ3n) is 1.47. The minimum Gasteiger partial charge on any atom is -0.190 e. The van der Waals surface area contributed by atoms with Crippen molar-refractivity contribution in [3.8, 4) is 0 Å². The molecule has 0 bridgehead atoms. The molecule has 7 heteroatoms. The predicted octanol–water partition coefficient (Wildman–Crippen LogP) is 1.35. The van der Waals surface area contributed by atoms with Gasteiger partial charge in [0.1, 0.15) is 0 Å². The third kappa shape index (κ3) is 2.85. The first-order valence-electron chi connectivity index (χ1n) is 3.59. The number of rotatable bonds is 3. The van der Waals surface area contributed by atoms with Crippen LogP contribution in [0.5, 0.6) is 0 Å². The van der Waals surface area contributed by atoms with E-state index in [1.54, 1.807) is 19.1 Å². The maximum Gasteiger partial charge on any atom is 0.712 e. The fraction of sp³-hybridized carbons (Fsp3) is 0.143. The maximum absolute atomic E-state index is 11.2. The fourth-order valence-corrected chi connectivity index (χ4v) is 2.32. The molecule has 76 valence electrons. The molecular weight excluding hydrogens is 227 g/mol. The lowest BCUT2D eigenvalue weighted by atomic mass is 10.2. The molecule has 1 atom stereocenters. The van der Waals surface area contributed by atoms with E-state index in [1.165, 1.54) is 12.1 Å². The molecule has 0 saturated heterocycles. The molecule has 0 aromatic heterocycles. The summed E-state index contributed by atoms with van der Waals surface area (Å²) in [6, 6.07) is 5.76. The summed E-state index contributed by atoms with van der Waals surface area (Å²) in [6.45, 7) is 1.80. The van der Waals surface area contributed by atoms with Gasteiger partial charge in [-0.15, -0.1) is 4.89 Å². The van der Waals surface area contributed by atoms with E-state index in [0.717, 1.165) is 5.56 Å². The van der Waals surface area contributed by atoms with Gasteiger partial charge in [0.25, 0.3) is 0 Å². The van der Waals surface area contributed by atoms with Crippen molar-refractivity contribution in [3.63, 3.8) is 0 Å². The molecule has 5 nitrogen and oxygen atoms in total. The number of hydrogen-bond acceptors (Lipinski definition) is 4. The first kappa shape index (κ1) is 11.3. The molecule has 1 unspecified atom stereocenters. The van der Waals surface area contributed by atoms with Gasteiger partial charge >= 0.3 is 18.4 Å². The van der Waals surface area contributed by atoms with Crippen molar-refractivity contribution in [2.45, 2.75) is 11.8 Å². The molecule has 1 aromatic rings. The van der Waals surface area contributed by atoms with E-state index < -0.39 is 18.4 Å². The second kappa shape index (κ2) is 4.14. The van der Waals surface area contributed by atoms with Crippen LogP contribution in [0.3, 0.4) is 0 Å². The lowest BCUT2D eigenvalue weighted by Gasteiger charge is -1.96. The highest BCUT2D eigenvalue weighted by Gasteiger charge is 2.28. The van der Waals surface area contributed by atoms with Crippen molar-refractivity contribution < 1.29 is 21.8 Å². The van der Waals surface area contributed by atoms with E-state index in [0.29, 0.717) is 0 Å². The normalized spacial score (nSPS) is 12.6. The van der Waals surface area contributed by atoms with Gasteiger partial charge in [-0.25, -0.2) is 0 Å². The van der Waals surface area contributed by atoms with E-state index >= 15 is 0 Å². The van der Waals surface area contributed by atoms with E-state index in [4.69, 9.17) is 4.89 Å². The number of hydrogen-bond donors (Lipinski definition) is 1. The summed E-state index contributed by atoms with van der Waals surface area (Å²) in [5.74, 6) is 0. The molecule has 0 heterocycles. The van der Waals surface area contributed by atoms with Gasteiger partial charge < -0.3 is 0 Å². The Morgan fingerprint density at radius 3 is 2.21 bits per heavy atom. The SMILES string of the molecule is Cc1ccc(S(=O)(=O)O[P+](=O)O)cc1. The zero-order valence-corrected chi connectivity index (χ0v) is 8.96. The highest BCUT2D eigenvalue weighted by Crippen LogP contribution is 2.24. The molecule has 0 fully saturated rings. The van der Waals surface area contributed by atoms with Crippen LogP contribution in [-0.4, -0.2) is 13.3 Å². The number of aryl methyl sites for hydroxylation is 1. The molecular formula is C7H8O5PS+. The van der Waals surface area contributed by atoms with Gasteiger partial charge in [-0.05, 0) is 19.1 Å². The molecule has 0 radical (unpaired) electrons. The summed E-state index contributed by atoms with van der Waals surface area (Å²) in [4.78, 5) is 8.17. The second-order valence-corrected chi connectivity index (χ2v) is 5.03. The molecule has 0 aliphatic carbocycles. The summed E-state index contributed by atoms with van der Waals surface area (Å²) in [7, 11) is -7.27. The maximum atomic E-state index is 11.2. The van der Waals surface area contributed by atoms with E-state index in [1.807, 2.05) is 0 Å². The van der Waals surface area contributed by atoms with Crippen molar-refractivity contribution in [1.29, 1.82) is 0 Å². The molecule has 14 heavy (non-hydrogen) atoms. The summed E-state index contributed by atoms with van der Waals surface area (Å²) < 4.78 is 36.5. The molecule has 0 aliphatic heterocycles. The monoisotopic (exact) mass is 235 g/mol. The summed E-state index contributed by atoms with van der Waals surface area (Å²) >= 11 is 0. The fourth-order valence-electron chi connectivity index (χ4n) is 0.832. The average Bonchev–Trinajstić information content (AvgIpc) is 2.02. The minimum atomic E-state index is -4.11. The first-order chi connectivity index (χ1) is 6.42. The smallest absolute Gasteiger partial charge is 0.190 e. The molecule has 1 N–H and O–H groups in total. The Labute approximate surface area is 82.4 Å². The Morgan fingerprint density at radius 1 is 1.29 bits per heavy atom. The zero-order valence-electron chi connectivity index (χ0n) is 7.25. The summed E-state index contributed by atoms with van der Waals surface area (Å²) in [5.41, 5.74) is 0.886. The van der Waals surface area contributed by atoms with Crippen molar-refractivity contribution in [3.05, 3.63) is 29.8 Å². The van der Waals surface area contributed by atoms with E-state index in [9.17, 15) is 13.0 Å². The zero-order chi connectivity index (χ0) is 10.8. The third-order valence-corrected chi connectivity index (χ3v) is 3.62. The van der Waals surface area contributed by atoms with Gasteiger partial charge in [-0.2, -0.15) is 8.42 Å². The highest BCUT2D eigenvalue weighted by molar-refractivity contribution is 7.89. The van der Waals surface area contributed by atoms with E-state index in [2.05, 4.69) is 3.97 Å². The van der Waals surface area contributed by atoms with Crippen LogP contribution < -0.4 is 0 Å². The van der Waals surface area contributed by atoms with Crippen LogP contribution in [0.4, 0.5) is 0 Å². The summed E-state index contributed by atoms with van der Waals surface area (Å²) in [5, 5.41) is 0. The van der Waals surface area contributed by atoms with Crippen LogP contribution in [0, 0.1) is 6.92 Å². The van der Waals surface area contributed by atoms with Gasteiger partial charge in [-0.3, -0.25) is 0 Å². The molecule has 0 spiro atoms. The first-order valence-corrected chi connectivity index (χ1v) is 6.13. The second-order valence-electron chi connectivity index (χ2n) is 2.58. The minimum absolute atomic E-state index is 0.138. The van der Waals surface area contributed by atoms with Crippen molar-refractivity contribution in [1.82, 2.24) is 0 Å². The van der Waals surface area contributed by atoms with Gasteiger partial charge in [0, 0.05) is 8.54 Å². The topological polar surface area (TPSA) is 80.7 Å².